The fourth-order valence-corrected chi connectivity index (χ4v) is 2.11. The molecule has 0 aliphatic rings. The first-order chi connectivity index (χ1) is 9.95. The molecule has 0 saturated carbocycles. The van der Waals surface area contributed by atoms with Crippen LogP contribution in [-0.4, -0.2) is 16.1 Å². The Kier molecular flexibility index (Phi) is 4.96. The minimum atomic E-state index is -0.297. The van der Waals surface area contributed by atoms with Gasteiger partial charge in [-0.3, -0.25) is 4.79 Å². The molecular formula is C15H18ClN3O2. The number of nitrogens with one attached hydrogen (secondary N) is 1. The third kappa shape index (κ3) is 4.29. The van der Waals surface area contributed by atoms with Crippen molar-refractivity contribution < 1.29 is 9.21 Å². The highest BCUT2D eigenvalue weighted by Gasteiger charge is 2.22. The molecule has 0 spiro atoms. The molecule has 0 fully saturated rings. The number of hydrogen-bond donors (Lipinski definition) is 1. The molecule has 2 aromatic rings. The predicted octanol–water partition coefficient (Wildman–Crippen LogP) is 3.55. The molecule has 1 N–H and O–H groups in total. The van der Waals surface area contributed by atoms with E-state index in [2.05, 4.69) is 29.4 Å². The first kappa shape index (κ1) is 15.5. The van der Waals surface area contributed by atoms with Crippen LogP contribution in [0, 0.1) is 12.8 Å². The van der Waals surface area contributed by atoms with E-state index in [-0.39, 0.29) is 11.9 Å². The second kappa shape index (κ2) is 6.72. The zero-order valence-electron chi connectivity index (χ0n) is 12.3. The van der Waals surface area contributed by atoms with Crippen LogP contribution >= 0.6 is 11.6 Å². The van der Waals surface area contributed by atoms with Gasteiger partial charge >= 0.3 is 0 Å². The molecule has 1 atom stereocenters. The zero-order valence-corrected chi connectivity index (χ0v) is 13.0. The minimum absolute atomic E-state index is 0.187. The first-order valence-electron chi connectivity index (χ1n) is 6.82. The molecule has 1 aromatic heterocycles. The van der Waals surface area contributed by atoms with Gasteiger partial charge in [0, 0.05) is 17.5 Å². The molecule has 1 aromatic carbocycles. The molecule has 6 heteroatoms. The average molecular weight is 308 g/mol. The van der Waals surface area contributed by atoms with Gasteiger partial charge in [-0.25, -0.2) is 0 Å². The molecule has 0 bridgehead atoms. The van der Waals surface area contributed by atoms with E-state index in [9.17, 15) is 4.79 Å². The van der Waals surface area contributed by atoms with Crippen molar-refractivity contribution in [3.05, 3.63) is 46.6 Å². The number of rotatable bonds is 5. The fraction of sp³-hybridized carbons (Fsp3) is 0.400. The molecule has 1 unspecified atom stereocenters. The van der Waals surface area contributed by atoms with Crippen LogP contribution in [0.25, 0.3) is 0 Å². The van der Waals surface area contributed by atoms with Gasteiger partial charge in [0.2, 0.25) is 11.8 Å². The van der Waals surface area contributed by atoms with Crippen molar-refractivity contribution in [2.75, 3.05) is 0 Å². The molecule has 5 nitrogen and oxygen atoms in total. The average Bonchev–Trinajstić information content (AvgIpc) is 2.85. The van der Waals surface area contributed by atoms with E-state index in [4.69, 9.17) is 16.0 Å². The lowest BCUT2D eigenvalue weighted by atomic mass is 10.0. The second-order valence-corrected chi connectivity index (χ2v) is 5.76. The van der Waals surface area contributed by atoms with Gasteiger partial charge in [-0.2, -0.15) is 0 Å². The highest BCUT2D eigenvalue weighted by molar-refractivity contribution is 6.30. The summed E-state index contributed by atoms with van der Waals surface area (Å²) in [5.74, 6) is 1.11. The molecule has 1 amide bonds. The number of aromatic nitrogens is 2. The standard InChI is InChI=1S/C15H18ClN3O2/c1-9(2)8-13(15-19-18-10(3)21-15)17-14(20)11-4-6-12(16)7-5-11/h4-7,9,13H,8H2,1-3H3,(H,17,20). The van der Waals surface area contributed by atoms with Crippen LogP contribution in [0.2, 0.25) is 5.02 Å². The van der Waals surface area contributed by atoms with Crippen LogP contribution in [0.15, 0.2) is 28.7 Å². The van der Waals surface area contributed by atoms with Crippen molar-refractivity contribution in [2.24, 2.45) is 5.92 Å². The fourth-order valence-electron chi connectivity index (χ4n) is 1.99. The van der Waals surface area contributed by atoms with Crippen molar-refractivity contribution in [1.29, 1.82) is 0 Å². The van der Waals surface area contributed by atoms with E-state index in [1.54, 1.807) is 31.2 Å². The molecule has 1 heterocycles. The molecule has 0 radical (unpaired) electrons. The van der Waals surface area contributed by atoms with Gasteiger partial charge in [-0.15, -0.1) is 10.2 Å². The van der Waals surface area contributed by atoms with Gasteiger partial charge in [0.1, 0.15) is 6.04 Å². The number of aryl methyl sites for hydroxylation is 1. The van der Waals surface area contributed by atoms with E-state index in [1.807, 2.05) is 0 Å². The van der Waals surface area contributed by atoms with Crippen molar-refractivity contribution in [3.63, 3.8) is 0 Å². The quantitative estimate of drug-likeness (QED) is 0.917. The molecule has 0 aliphatic heterocycles. The maximum absolute atomic E-state index is 12.3. The number of halogens is 1. The number of carbonyl (C=O) groups is 1. The third-order valence-electron chi connectivity index (χ3n) is 2.96. The Morgan fingerprint density at radius 3 is 2.48 bits per heavy atom. The summed E-state index contributed by atoms with van der Waals surface area (Å²) in [6.07, 6.45) is 0.723. The Morgan fingerprint density at radius 2 is 1.95 bits per heavy atom. The smallest absolute Gasteiger partial charge is 0.251 e. The third-order valence-corrected chi connectivity index (χ3v) is 3.21. The van der Waals surface area contributed by atoms with E-state index in [1.165, 1.54) is 0 Å². The highest BCUT2D eigenvalue weighted by Crippen LogP contribution is 2.21. The summed E-state index contributed by atoms with van der Waals surface area (Å²) in [6, 6.07) is 6.44. The van der Waals surface area contributed by atoms with Crippen LogP contribution in [0.3, 0.4) is 0 Å². The number of amides is 1. The minimum Gasteiger partial charge on any atom is -0.423 e. The van der Waals surface area contributed by atoms with E-state index >= 15 is 0 Å². The monoisotopic (exact) mass is 307 g/mol. The lowest BCUT2D eigenvalue weighted by Crippen LogP contribution is -2.29. The van der Waals surface area contributed by atoms with Gasteiger partial charge < -0.3 is 9.73 Å². The van der Waals surface area contributed by atoms with Crippen molar-refractivity contribution in [1.82, 2.24) is 15.5 Å². The predicted molar refractivity (Wildman–Crippen MR) is 80.1 cm³/mol. The SMILES string of the molecule is Cc1nnc(C(CC(C)C)NC(=O)c2ccc(Cl)cc2)o1. The maximum Gasteiger partial charge on any atom is 0.251 e. The molecule has 112 valence electrons. The highest BCUT2D eigenvalue weighted by atomic mass is 35.5. The van der Waals surface area contributed by atoms with Gasteiger partial charge in [0.25, 0.3) is 5.91 Å². The van der Waals surface area contributed by atoms with Crippen LogP contribution in [0.5, 0.6) is 0 Å². The Morgan fingerprint density at radius 1 is 1.29 bits per heavy atom. The molecule has 0 saturated heterocycles. The Balaban J connectivity index is 2.14. The maximum atomic E-state index is 12.3. The number of carbonyl (C=O) groups excluding carboxylic acids is 1. The lowest BCUT2D eigenvalue weighted by Gasteiger charge is -2.17. The Bertz CT molecular complexity index is 608. The summed E-state index contributed by atoms with van der Waals surface area (Å²) in [4.78, 5) is 12.3. The normalized spacial score (nSPS) is 12.4. The summed E-state index contributed by atoms with van der Waals surface area (Å²) in [6.45, 7) is 5.87. The van der Waals surface area contributed by atoms with Crippen LogP contribution in [-0.2, 0) is 0 Å². The first-order valence-corrected chi connectivity index (χ1v) is 7.20. The Labute approximate surface area is 128 Å². The summed E-state index contributed by atoms with van der Waals surface area (Å²) < 4.78 is 5.44. The van der Waals surface area contributed by atoms with Crippen LogP contribution < -0.4 is 5.32 Å². The summed E-state index contributed by atoms with van der Waals surface area (Å²) in [7, 11) is 0. The number of hydrogen-bond acceptors (Lipinski definition) is 4. The molecule has 2 rings (SSSR count). The van der Waals surface area contributed by atoms with E-state index in [0.717, 1.165) is 6.42 Å². The van der Waals surface area contributed by atoms with Crippen LogP contribution in [0.4, 0.5) is 0 Å². The van der Waals surface area contributed by atoms with Gasteiger partial charge in [-0.05, 0) is 36.6 Å². The topological polar surface area (TPSA) is 68.0 Å². The zero-order chi connectivity index (χ0) is 15.4. The van der Waals surface area contributed by atoms with Gasteiger partial charge in [0.05, 0.1) is 0 Å². The van der Waals surface area contributed by atoms with E-state index in [0.29, 0.717) is 28.3 Å². The van der Waals surface area contributed by atoms with E-state index < -0.39 is 0 Å². The summed E-state index contributed by atoms with van der Waals surface area (Å²) in [5.41, 5.74) is 0.546. The lowest BCUT2D eigenvalue weighted by molar-refractivity contribution is 0.0924. The van der Waals surface area contributed by atoms with Gasteiger partial charge in [0.15, 0.2) is 0 Å². The molecular weight excluding hydrogens is 290 g/mol. The number of nitrogens with zero attached hydrogens (tertiary/aromatic N) is 2. The van der Waals surface area contributed by atoms with Crippen molar-refractivity contribution in [3.8, 4) is 0 Å². The largest absolute Gasteiger partial charge is 0.423 e. The Hall–Kier alpha value is -1.88. The summed E-state index contributed by atoms with van der Waals surface area (Å²) in [5, 5.41) is 11.4. The molecule has 21 heavy (non-hydrogen) atoms. The van der Waals surface area contributed by atoms with Crippen molar-refractivity contribution in [2.45, 2.75) is 33.2 Å². The second-order valence-electron chi connectivity index (χ2n) is 5.32. The van der Waals surface area contributed by atoms with Crippen molar-refractivity contribution >= 4 is 17.5 Å². The molecule has 0 aliphatic carbocycles. The van der Waals surface area contributed by atoms with Gasteiger partial charge in [-0.1, -0.05) is 25.4 Å². The van der Waals surface area contributed by atoms with Crippen LogP contribution in [0.1, 0.15) is 48.4 Å². The number of benzene rings is 1. The summed E-state index contributed by atoms with van der Waals surface area (Å²) >= 11 is 5.82.